The summed E-state index contributed by atoms with van der Waals surface area (Å²) in [6.07, 6.45) is 0.990. The van der Waals surface area contributed by atoms with E-state index in [1.54, 1.807) is 0 Å². The quantitative estimate of drug-likeness (QED) is 0.199. The molecule has 0 aliphatic carbocycles. The fourth-order valence-electron chi connectivity index (χ4n) is 3.74. The summed E-state index contributed by atoms with van der Waals surface area (Å²) in [5.41, 5.74) is 4.82. The first-order valence-corrected chi connectivity index (χ1v) is 12.0. The van der Waals surface area contributed by atoms with Gasteiger partial charge in [0, 0.05) is 5.56 Å². The second-order valence-corrected chi connectivity index (χ2v) is 8.77. The minimum absolute atomic E-state index is 0.274. The molecule has 0 radical (unpaired) electrons. The van der Waals surface area contributed by atoms with Crippen LogP contribution in [0.2, 0.25) is 0 Å². The van der Waals surface area contributed by atoms with Crippen LogP contribution in [0.15, 0.2) is 84.9 Å². The lowest BCUT2D eigenvalue weighted by Gasteiger charge is -2.10. The molecule has 0 saturated carbocycles. The Bertz CT molecular complexity index is 1360. The zero-order valence-corrected chi connectivity index (χ0v) is 20.5. The van der Waals surface area contributed by atoms with Crippen molar-refractivity contribution in [3.63, 3.8) is 0 Å². The van der Waals surface area contributed by atoms with Crippen LogP contribution in [-0.4, -0.2) is 12.6 Å². The van der Waals surface area contributed by atoms with Crippen molar-refractivity contribution in [2.75, 3.05) is 6.61 Å². The molecule has 0 saturated heterocycles. The summed E-state index contributed by atoms with van der Waals surface area (Å²) in [5, 5.41) is 2.35. The predicted octanol–water partition coefficient (Wildman–Crippen LogP) is 7.66. The Morgan fingerprint density at radius 3 is 2.20 bits per heavy atom. The van der Waals surface area contributed by atoms with Crippen LogP contribution < -0.4 is 4.74 Å². The lowest BCUT2D eigenvalue weighted by atomic mass is 10.0. The molecule has 3 heteroatoms. The van der Waals surface area contributed by atoms with Crippen LogP contribution in [0.4, 0.5) is 0 Å². The molecule has 176 valence electrons. The molecule has 1 atom stereocenters. The maximum absolute atomic E-state index is 12.2. The summed E-state index contributed by atoms with van der Waals surface area (Å²) in [4.78, 5) is 12.2. The van der Waals surface area contributed by atoms with Crippen molar-refractivity contribution in [2.45, 2.75) is 33.8 Å². The maximum atomic E-state index is 12.2. The fourth-order valence-corrected chi connectivity index (χ4v) is 3.74. The normalized spacial score (nSPS) is 11.4. The van der Waals surface area contributed by atoms with Gasteiger partial charge in [-0.1, -0.05) is 68.7 Å². The zero-order valence-electron chi connectivity index (χ0n) is 20.5. The van der Waals surface area contributed by atoms with Crippen LogP contribution in [0.5, 0.6) is 5.75 Å². The Balaban J connectivity index is 1.36. The van der Waals surface area contributed by atoms with Gasteiger partial charge in [-0.05, 0) is 82.8 Å². The number of esters is 1. The van der Waals surface area contributed by atoms with Gasteiger partial charge in [0.1, 0.15) is 12.4 Å². The van der Waals surface area contributed by atoms with E-state index < -0.39 is 0 Å². The third kappa shape index (κ3) is 6.31. The molecule has 0 bridgehead atoms. The Kier molecular flexibility index (Phi) is 7.85. The van der Waals surface area contributed by atoms with Gasteiger partial charge in [-0.3, -0.25) is 0 Å². The van der Waals surface area contributed by atoms with Gasteiger partial charge >= 0.3 is 5.97 Å². The van der Waals surface area contributed by atoms with Crippen molar-refractivity contribution >= 4 is 16.7 Å². The van der Waals surface area contributed by atoms with Crippen molar-refractivity contribution in [1.29, 1.82) is 0 Å². The van der Waals surface area contributed by atoms with Gasteiger partial charge in [0.15, 0.2) is 0 Å². The second kappa shape index (κ2) is 11.4. The summed E-state index contributed by atoms with van der Waals surface area (Å²) in [5.74, 6) is 6.95. The van der Waals surface area contributed by atoms with Crippen molar-refractivity contribution in [3.8, 4) is 28.7 Å². The highest BCUT2D eigenvalue weighted by atomic mass is 16.5. The summed E-state index contributed by atoms with van der Waals surface area (Å²) in [7, 11) is 0. The van der Waals surface area contributed by atoms with Gasteiger partial charge < -0.3 is 9.47 Å². The monoisotopic (exact) mass is 462 g/mol. The SMILES string of the molecule is CC#Cc1ccc2cc(COc3ccc(-c4ccc(C(=O)OCC(C)CC)cc4)cc3)ccc2c1. The predicted molar refractivity (Wildman–Crippen MR) is 142 cm³/mol. The van der Waals surface area contributed by atoms with E-state index in [9.17, 15) is 4.79 Å². The average molecular weight is 463 g/mol. The highest BCUT2D eigenvalue weighted by molar-refractivity contribution is 5.90. The third-order valence-corrected chi connectivity index (χ3v) is 6.08. The summed E-state index contributed by atoms with van der Waals surface area (Å²) in [6, 6.07) is 28.1. The van der Waals surface area contributed by atoms with Gasteiger partial charge in [-0.25, -0.2) is 4.79 Å². The van der Waals surface area contributed by atoms with Crippen molar-refractivity contribution in [2.24, 2.45) is 5.92 Å². The van der Waals surface area contributed by atoms with Crippen LogP contribution in [0.1, 0.15) is 48.7 Å². The first-order chi connectivity index (χ1) is 17.1. The zero-order chi connectivity index (χ0) is 24.6. The fraction of sp³-hybridized carbons (Fsp3) is 0.219. The largest absolute Gasteiger partial charge is 0.489 e. The van der Waals surface area contributed by atoms with Crippen molar-refractivity contribution < 1.29 is 14.3 Å². The van der Waals surface area contributed by atoms with E-state index in [1.807, 2.05) is 61.5 Å². The molecule has 0 fully saturated rings. The molecule has 1 unspecified atom stereocenters. The first kappa shape index (κ1) is 24.1. The number of hydrogen-bond acceptors (Lipinski definition) is 3. The smallest absolute Gasteiger partial charge is 0.338 e. The Labute approximate surface area is 207 Å². The Morgan fingerprint density at radius 2 is 1.51 bits per heavy atom. The highest BCUT2D eigenvalue weighted by Gasteiger charge is 2.09. The lowest BCUT2D eigenvalue weighted by molar-refractivity contribution is 0.0447. The molecule has 35 heavy (non-hydrogen) atoms. The van der Waals surface area contributed by atoms with E-state index in [2.05, 4.69) is 56.0 Å². The van der Waals surface area contributed by atoms with Crippen LogP contribution in [0.3, 0.4) is 0 Å². The number of fused-ring (bicyclic) bond motifs is 1. The molecule has 4 aromatic rings. The molecule has 3 nitrogen and oxygen atoms in total. The first-order valence-electron chi connectivity index (χ1n) is 12.0. The molecule has 0 aliphatic heterocycles. The van der Waals surface area contributed by atoms with E-state index in [0.29, 0.717) is 24.7 Å². The molecule has 0 N–H and O–H groups in total. The molecule has 4 rings (SSSR count). The van der Waals surface area contributed by atoms with Gasteiger partial charge in [-0.15, -0.1) is 5.92 Å². The van der Waals surface area contributed by atoms with Crippen LogP contribution >= 0.6 is 0 Å². The van der Waals surface area contributed by atoms with E-state index in [4.69, 9.17) is 9.47 Å². The van der Waals surface area contributed by atoms with Crippen LogP contribution in [0.25, 0.3) is 21.9 Å². The number of hydrogen-bond donors (Lipinski definition) is 0. The second-order valence-electron chi connectivity index (χ2n) is 8.77. The van der Waals surface area contributed by atoms with E-state index in [1.165, 1.54) is 10.8 Å². The number of carbonyl (C=O) groups excluding carboxylic acids is 1. The van der Waals surface area contributed by atoms with Gasteiger partial charge in [0.2, 0.25) is 0 Å². The lowest BCUT2D eigenvalue weighted by Crippen LogP contribution is -2.11. The van der Waals surface area contributed by atoms with Crippen LogP contribution in [0, 0.1) is 17.8 Å². The minimum Gasteiger partial charge on any atom is -0.489 e. The van der Waals surface area contributed by atoms with Crippen LogP contribution in [-0.2, 0) is 11.3 Å². The van der Waals surface area contributed by atoms with Crippen molar-refractivity contribution in [3.05, 3.63) is 102 Å². The number of benzene rings is 4. The van der Waals surface area contributed by atoms with Crippen molar-refractivity contribution in [1.82, 2.24) is 0 Å². The summed E-state index contributed by atoms with van der Waals surface area (Å²) < 4.78 is 11.4. The standard InChI is InChI=1S/C32H30O3/c1-4-6-24-7-9-30-20-25(8-10-29(30)19-24)22-34-31-17-15-27(16-18-31)26-11-13-28(14-12-26)32(33)35-21-23(3)5-2/h7-20,23H,5,21-22H2,1-3H3. The van der Waals surface area contributed by atoms with E-state index in [0.717, 1.165) is 34.4 Å². The van der Waals surface area contributed by atoms with E-state index in [-0.39, 0.29) is 5.97 Å². The Morgan fingerprint density at radius 1 is 0.857 bits per heavy atom. The maximum Gasteiger partial charge on any atom is 0.338 e. The minimum atomic E-state index is -0.274. The topological polar surface area (TPSA) is 35.5 Å². The highest BCUT2D eigenvalue weighted by Crippen LogP contribution is 2.24. The van der Waals surface area contributed by atoms with Gasteiger partial charge in [0.25, 0.3) is 0 Å². The number of rotatable bonds is 8. The molecule has 0 aromatic heterocycles. The molecule has 0 aliphatic rings. The molecular weight excluding hydrogens is 432 g/mol. The Hall–Kier alpha value is -4.03. The third-order valence-electron chi connectivity index (χ3n) is 6.08. The molecule has 0 amide bonds. The molecule has 4 aromatic carbocycles. The number of ether oxygens (including phenoxy) is 2. The van der Waals surface area contributed by atoms with E-state index >= 15 is 0 Å². The number of carbonyl (C=O) groups is 1. The van der Waals surface area contributed by atoms with Gasteiger partial charge in [0.05, 0.1) is 12.2 Å². The summed E-state index contributed by atoms with van der Waals surface area (Å²) in [6.45, 7) is 6.96. The van der Waals surface area contributed by atoms with Gasteiger partial charge in [-0.2, -0.15) is 0 Å². The average Bonchev–Trinajstić information content (AvgIpc) is 2.91. The summed E-state index contributed by atoms with van der Waals surface area (Å²) >= 11 is 0. The molecular formula is C32H30O3. The molecule has 0 heterocycles. The molecule has 0 spiro atoms.